The monoisotopic (exact) mass is 574 g/mol. The Morgan fingerprint density at radius 2 is 1.26 bits per heavy atom. The second-order valence-corrected chi connectivity index (χ2v) is 8.63. The van der Waals surface area contributed by atoms with Gasteiger partial charge in [0.1, 0.15) is 18.7 Å². The fraction of sp³-hybridized carbons (Fsp3) is 0.464. The van der Waals surface area contributed by atoms with Gasteiger partial charge in [-0.1, -0.05) is 95.8 Å². The first kappa shape index (κ1) is 39.7. The summed E-state index contributed by atoms with van der Waals surface area (Å²) >= 11 is 5.53. The zero-order chi connectivity index (χ0) is 27.5. The summed E-state index contributed by atoms with van der Waals surface area (Å²) in [5.41, 5.74) is 7.46. The Hall–Kier alpha value is -2.81. The van der Waals surface area contributed by atoms with Crippen LogP contribution in [0.2, 0.25) is 0 Å². The van der Waals surface area contributed by atoms with Crippen molar-refractivity contribution in [2.24, 2.45) is 17.6 Å². The van der Waals surface area contributed by atoms with Crippen molar-refractivity contribution in [2.75, 3.05) is 14.2 Å². The lowest BCUT2D eigenvalue weighted by molar-refractivity contribution is -0.144. The molecule has 216 valence electrons. The normalized spacial score (nSPS) is 11.0. The maximum absolute atomic E-state index is 11.6. The molecule has 0 heterocycles. The first-order valence-electron chi connectivity index (χ1n) is 11.6. The highest BCUT2D eigenvalue weighted by molar-refractivity contribution is 6.17. The van der Waals surface area contributed by atoms with Gasteiger partial charge in [-0.3, -0.25) is 4.79 Å². The Balaban J connectivity index is -0.000000540. The molecule has 8 nitrogen and oxygen atoms in total. The second kappa shape index (κ2) is 23.3. The number of alkyl halides is 1. The number of carbonyl (C=O) groups excluding carboxylic acids is 3. The summed E-state index contributed by atoms with van der Waals surface area (Å²) in [4.78, 5) is 33.7. The number of benzene rings is 2. The molecule has 0 aliphatic carbocycles. The molecule has 10 heteroatoms. The molecule has 0 aliphatic heterocycles. The van der Waals surface area contributed by atoms with E-state index in [0.29, 0.717) is 5.88 Å². The molecule has 0 spiro atoms. The summed E-state index contributed by atoms with van der Waals surface area (Å²) in [7, 11) is 2.62. The first-order valence-corrected chi connectivity index (χ1v) is 12.1. The van der Waals surface area contributed by atoms with Crippen molar-refractivity contribution in [1.82, 2.24) is 5.32 Å². The Bertz CT molecular complexity index is 883. The van der Waals surface area contributed by atoms with Gasteiger partial charge in [0.05, 0.1) is 14.2 Å². The minimum atomic E-state index is -0.701. The fourth-order valence-corrected chi connectivity index (χ4v) is 2.67. The van der Waals surface area contributed by atoms with Crippen LogP contribution in [0.3, 0.4) is 0 Å². The highest BCUT2D eigenvalue weighted by Crippen LogP contribution is 2.06. The minimum absolute atomic E-state index is 0. The van der Waals surface area contributed by atoms with Crippen molar-refractivity contribution >= 4 is 42.0 Å². The van der Waals surface area contributed by atoms with Crippen molar-refractivity contribution in [3.8, 4) is 0 Å². The molecule has 1 amide bonds. The van der Waals surface area contributed by atoms with Gasteiger partial charge in [0.25, 0.3) is 0 Å². The van der Waals surface area contributed by atoms with Crippen molar-refractivity contribution in [2.45, 2.75) is 59.7 Å². The molecular weight excluding hydrogens is 531 g/mol. The van der Waals surface area contributed by atoms with Crippen LogP contribution in [0.5, 0.6) is 0 Å². The maximum atomic E-state index is 11.6. The molecule has 0 saturated carbocycles. The fourth-order valence-electron chi connectivity index (χ4n) is 2.49. The third-order valence-electron chi connectivity index (χ3n) is 4.80. The number of hydrogen-bond donors (Lipinski definition) is 2. The van der Waals surface area contributed by atoms with Gasteiger partial charge in [-0.05, 0) is 23.0 Å². The number of esters is 2. The first-order chi connectivity index (χ1) is 17.1. The number of hydrogen-bond acceptors (Lipinski definition) is 7. The van der Waals surface area contributed by atoms with E-state index in [1.807, 2.05) is 88.4 Å². The van der Waals surface area contributed by atoms with Crippen molar-refractivity contribution < 1.29 is 28.6 Å². The van der Waals surface area contributed by atoms with Crippen LogP contribution in [-0.2, 0) is 36.3 Å². The lowest BCUT2D eigenvalue weighted by Gasteiger charge is -2.19. The molecule has 2 aromatic carbocycles. The third kappa shape index (κ3) is 17.6. The maximum Gasteiger partial charge on any atom is 0.408 e. The molecule has 0 saturated heterocycles. The molecule has 0 bridgehead atoms. The molecule has 3 N–H and O–H groups in total. The van der Waals surface area contributed by atoms with Crippen LogP contribution in [-0.4, -0.2) is 44.3 Å². The van der Waals surface area contributed by atoms with Crippen LogP contribution in [0, 0.1) is 11.8 Å². The summed E-state index contributed by atoms with van der Waals surface area (Å²) in [5.74, 6) is -0.133. The van der Waals surface area contributed by atoms with Crippen LogP contribution >= 0.6 is 24.0 Å². The standard InChI is InChI=1S/C14H19NO4.C7H7Cl.C6H13NO2.CH4.ClH/c1-10(2)12(13(16)18-3)15-14(17)19-9-11-7-5-4-6-8-11;8-6-7-4-2-1-3-5-7;1-4(2)5(7)6(8)9-3;;/h4-8,10,12H,9H2,1-3H3,(H,15,17);1-5H,6H2;4-5H,7H2,1-3H3;1H4;1H. The molecule has 2 atom stereocenters. The average Bonchev–Trinajstić information content (AvgIpc) is 2.90. The summed E-state index contributed by atoms with van der Waals surface area (Å²) in [6, 6.07) is 18.1. The van der Waals surface area contributed by atoms with Gasteiger partial charge in [0, 0.05) is 5.88 Å². The van der Waals surface area contributed by atoms with Crippen LogP contribution in [0.15, 0.2) is 60.7 Å². The summed E-state index contributed by atoms with van der Waals surface area (Å²) < 4.78 is 14.1. The van der Waals surface area contributed by atoms with E-state index in [1.54, 1.807) is 0 Å². The predicted molar refractivity (Wildman–Crippen MR) is 155 cm³/mol. The lowest BCUT2D eigenvalue weighted by atomic mass is 10.1. The number of nitrogens with two attached hydrogens (primary N) is 1. The van der Waals surface area contributed by atoms with E-state index in [1.165, 1.54) is 19.8 Å². The molecule has 2 unspecified atom stereocenters. The van der Waals surface area contributed by atoms with Crippen molar-refractivity contribution in [3.63, 3.8) is 0 Å². The van der Waals surface area contributed by atoms with E-state index < -0.39 is 24.1 Å². The van der Waals surface area contributed by atoms with Crippen LogP contribution in [0.4, 0.5) is 4.79 Å². The lowest BCUT2D eigenvalue weighted by Crippen LogP contribution is -2.45. The highest BCUT2D eigenvalue weighted by Gasteiger charge is 2.25. The third-order valence-corrected chi connectivity index (χ3v) is 5.11. The minimum Gasteiger partial charge on any atom is -0.468 e. The zero-order valence-electron chi connectivity index (χ0n) is 22.3. The Kier molecular flexibility index (Phi) is 24.4. The van der Waals surface area contributed by atoms with Gasteiger partial charge in [0.2, 0.25) is 0 Å². The number of nitrogens with one attached hydrogen (secondary N) is 1. The molecule has 2 aromatic rings. The van der Waals surface area contributed by atoms with Gasteiger partial charge >= 0.3 is 18.0 Å². The molecule has 0 aliphatic rings. The Morgan fingerprint density at radius 1 is 0.816 bits per heavy atom. The van der Waals surface area contributed by atoms with E-state index in [0.717, 1.165) is 5.56 Å². The zero-order valence-corrected chi connectivity index (χ0v) is 23.9. The van der Waals surface area contributed by atoms with Gasteiger partial charge in [0.15, 0.2) is 0 Å². The number of ether oxygens (including phenoxy) is 3. The van der Waals surface area contributed by atoms with E-state index in [-0.39, 0.29) is 44.2 Å². The molecule has 0 aromatic heterocycles. The van der Waals surface area contributed by atoms with E-state index in [9.17, 15) is 14.4 Å². The summed E-state index contributed by atoms with van der Waals surface area (Å²) in [6.45, 7) is 7.56. The number of amides is 1. The van der Waals surface area contributed by atoms with E-state index >= 15 is 0 Å². The van der Waals surface area contributed by atoms with Crippen molar-refractivity contribution in [1.29, 1.82) is 0 Å². The number of methoxy groups -OCH3 is 2. The van der Waals surface area contributed by atoms with Crippen LogP contribution in [0.1, 0.15) is 46.2 Å². The topological polar surface area (TPSA) is 117 Å². The molecule has 38 heavy (non-hydrogen) atoms. The smallest absolute Gasteiger partial charge is 0.408 e. The van der Waals surface area contributed by atoms with Gasteiger partial charge in [-0.15, -0.1) is 24.0 Å². The molecule has 2 rings (SSSR count). The highest BCUT2D eigenvalue weighted by atomic mass is 35.5. The Morgan fingerprint density at radius 3 is 1.58 bits per heavy atom. The SMILES string of the molecule is C.COC(=O)C(N)C(C)C.COC(=O)C(NC(=O)OCc1ccccc1)C(C)C.Cl.ClCc1ccccc1. The van der Waals surface area contributed by atoms with Gasteiger partial charge in [-0.25, -0.2) is 9.59 Å². The van der Waals surface area contributed by atoms with Crippen LogP contribution in [0.25, 0.3) is 0 Å². The number of carbonyl (C=O) groups is 3. The number of alkyl carbamates (subject to hydrolysis) is 1. The quantitative estimate of drug-likeness (QED) is 0.234. The average molecular weight is 576 g/mol. The number of rotatable bonds is 8. The van der Waals surface area contributed by atoms with Crippen LogP contribution < -0.4 is 11.1 Å². The van der Waals surface area contributed by atoms with E-state index in [4.69, 9.17) is 22.1 Å². The molecule has 0 radical (unpaired) electrons. The predicted octanol–water partition coefficient (Wildman–Crippen LogP) is 5.74. The summed E-state index contributed by atoms with van der Waals surface area (Å²) in [6.07, 6.45) is -0.632. The Labute approximate surface area is 239 Å². The van der Waals surface area contributed by atoms with Gasteiger partial charge < -0.3 is 25.3 Å². The van der Waals surface area contributed by atoms with E-state index in [2.05, 4.69) is 14.8 Å². The molecular formula is C28H44Cl2N2O6. The second-order valence-electron chi connectivity index (χ2n) is 8.36. The number of halogens is 2. The summed E-state index contributed by atoms with van der Waals surface area (Å²) in [5, 5.41) is 2.50. The molecule has 0 fully saturated rings. The van der Waals surface area contributed by atoms with Gasteiger partial charge in [-0.2, -0.15) is 0 Å². The largest absolute Gasteiger partial charge is 0.468 e. The van der Waals surface area contributed by atoms with Crippen molar-refractivity contribution in [3.05, 3.63) is 71.8 Å².